The minimum absolute atomic E-state index is 0.0605. The molecule has 3 atom stereocenters. The van der Waals surface area contributed by atoms with E-state index >= 15 is 0 Å². The zero-order valence-corrected chi connectivity index (χ0v) is 16.4. The molecule has 1 fully saturated rings. The average molecular weight is 395 g/mol. The highest BCUT2D eigenvalue weighted by Crippen LogP contribution is 2.24. The Morgan fingerprint density at radius 1 is 1.44 bits per heavy atom. The van der Waals surface area contributed by atoms with E-state index in [0.29, 0.717) is 32.7 Å². The van der Waals surface area contributed by atoms with E-state index < -0.39 is 11.8 Å². The van der Waals surface area contributed by atoms with Crippen LogP contribution in [0.5, 0.6) is 0 Å². The van der Waals surface area contributed by atoms with Gasteiger partial charge in [0.05, 0.1) is 12.5 Å². The first-order valence-electron chi connectivity index (χ1n) is 9.47. The first-order chi connectivity index (χ1) is 13.0. The number of rotatable bonds is 8. The van der Waals surface area contributed by atoms with Crippen molar-refractivity contribution < 1.29 is 9.66 Å². The number of aryl methyl sites for hydroxylation is 1. The van der Waals surface area contributed by atoms with Gasteiger partial charge in [0.15, 0.2) is 0 Å². The number of nitrogens with one attached hydrogen (secondary N) is 1. The minimum atomic E-state index is -0.713. The van der Waals surface area contributed by atoms with E-state index in [1.165, 1.54) is 5.56 Å². The van der Waals surface area contributed by atoms with Crippen LogP contribution in [0.25, 0.3) is 0 Å². The van der Waals surface area contributed by atoms with E-state index in [-0.39, 0.29) is 11.0 Å². The summed E-state index contributed by atoms with van der Waals surface area (Å²) in [6.45, 7) is 4.50. The molecular formula is C19H27ClN4O3. The number of hydrogen-bond donors (Lipinski definition) is 1. The lowest BCUT2D eigenvalue weighted by Gasteiger charge is -2.37. The summed E-state index contributed by atoms with van der Waals surface area (Å²) in [5.74, 6) is 0. The van der Waals surface area contributed by atoms with Crippen molar-refractivity contribution in [1.29, 1.82) is 0 Å². The SMILES string of the molecule is CC1(CN2CC[C@H](OCCCc3ccc(Cl)cc3)CC2[N+](=O)[O-])N=CCN1. The van der Waals surface area contributed by atoms with Gasteiger partial charge in [0.1, 0.15) is 5.66 Å². The Labute approximate surface area is 164 Å². The minimum Gasteiger partial charge on any atom is -0.378 e. The third-order valence-electron chi connectivity index (χ3n) is 5.21. The predicted octanol–water partition coefficient (Wildman–Crippen LogP) is 2.75. The molecule has 2 unspecified atom stereocenters. The van der Waals surface area contributed by atoms with Gasteiger partial charge in [-0.2, -0.15) is 0 Å². The van der Waals surface area contributed by atoms with Crippen molar-refractivity contribution in [2.75, 3.05) is 26.2 Å². The monoisotopic (exact) mass is 394 g/mol. The van der Waals surface area contributed by atoms with Crippen LogP contribution in [0.1, 0.15) is 31.7 Å². The zero-order chi connectivity index (χ0) is 19.3. The van der Waals surface area contributed by atoms with Gasteiger partial charge in [0.2, 0.25) is 0 Å². The average Bonchev–Trinajstić information content (AvgIpc) is 3.07. The fourth-order valence-electron chi connectivity index (χ4n) is 3.74. The molecule has 2 heterocycles. The molecule has 0 saturated carbocycles. The maximum atomic E-state index is 11.6. The molecule has 0 radical (unpaired) electrons. The Morgan fingerprint density at radius 3 is 2.89 bits per heavy atom. The van der Waals surface area contributed by atoms with E-state index in [2.05, 4.69) is 10.3 Å². The number of likely N-dealkylation sites (tertiary alicyclic amines) is 1. The van der Waals surface area contributed by atoms with Crippen LogP contribution in [0.4, 0.5) is 0 Å². The molecule has 3 rings (SSSR count). The van der Waals surface area contributed by atoms with Gasteiger partial charge >= 0.3 is 0 Å². The van der Waals surface area contributed by atoms with Crippen molar-refractivity contribution in [3.05, 3.63) is 45.0 Å². The van der Waals surface area contributed by atoms with E-state index in [9.17, 15) is 10.1 Å². The Kier molecular flexibility index (Phi) is 6.81. The van der Waals surface area contributed by atoms with Crippen LogP contribution in [0.15, 0.2) is 29.3 Å². The van der Waals surface area contributed by atoms with Crippen LogP contribution < -0.4 is 5.32 Å². The van der Waals surface area contributed by atoms with Crippen molar-refractivity contribution in [1.82, 2.24) is 10.2 Å². The lowest BCUT2D eigenvalue weighted by molar-refractivity contribution is -0.557. The highest BCUT2D eigenvalue weighted by atomic mass is 35.5. The number of ether oxygens (including phenoxy) is 1. The molecule has 27 heavy (non-hydrogen) atoms. The fourth-order valence-corrected chi connectivity index (χ4v) is 3.87. The van der Waals surface area contributed by atoms with Crippen LogP contribution in [-0.2, 0) is 11.2 Å². The second kappa shape index (κ2) is 9.10. The fraction of sp³-hybridized carbons (Fsp3) is 0.632. The van der Waals surface area contributed by atoms with Gasteiger partial charge in [-0.15, -0.1) is 0 Å². The first-order valence-corrected chi connectivity index (χ1v) is 9.85. The molecule has 0 spiro atoms. The first kappa shape index (κ1) is 20.2. The van der Waals surface area contributed by atoms with Gasteiger partial charge < -0.3 is 4.74 Å². The molecule has 1 aromatic carbocycles. The summed E-state index contributed by atoms with van der Waals surface area (Å²) in [5, 5.41) is 15.6. The lowest BCUT2D eigenvalue weighted by Crippen LogP contribution is -2.56. The number of halogens is 1. The molecule has 148 valence electrons. The smallest absolute Gasteiger partial charge is 0.271 e. The number of hydrogen-bond acceptors (Lipinski definition) is 6. The Balaban J connectivity index is 1.44. The maximum absolute atomic E-state index is 11.6. The van der Waals surface area contributed by atoms with E-state index in [0.717, 1.165) is 24.3 Å². The summed E-state index contributed by atoms with van der Waals surface area (Å²) in [6, 6.07) is 7.81. The number of benzene rings is 1. The van der Waals surface area contributed by atoms with Crippen molar-refractivity contribution in [2.24, 2.45) is 4.99 Å². The summed E-state index contributed by atoms with van der Waals surface area (Å²) < 4.78 is 5.95. The second-order valence-corrected chi connectivity index (χ2v) is 7.89. The molecule has 7 nitrogen and oxygen atoms in total. The highest BCUT2D eigenvalue weighted by Gasteiger charge is 2.40. The largest absolute Gasteiger partial charge is 0.378 e. The third kappa shape index (κ3) is 5.72. The summed E-state index contributed by atoms with van der Waals surface area (Å²) in [7, 11) is 0. The topological polar surface area (TPSA) is 80.0 Å². The summed E-state index contributed by atoms with van der Waals surface area (Å²) in [5.41, 5.74) is 0.791. The standard InChI is InChI=1S/C19H27ClN4O3/c1-19(21-9-10-22-19)14-23-11-8-17(13-18(23)24(25)26)27-12-2-3-15-4-6-16(20)7-5-15/h4-7,9,17-18,22H,2-3,8,10-14H2,1H3/t17-,18?,19?/m0/s1. The zero-order valence-electron chi connectivity index (χ0n) is 15.6. The van der Waals surface area contributed by atoms with Crippen LogP contribution in [0.3, 0.4) is 0 Å². The number of aliphatic imine (C=N–C) groups is 1. The quantitative estimate of drug-likeness (QED) is 0.416. The van der Waals surface area contributed by atoms with Gasteiger partial charge in [-0.25, -0.2) is 4.90 Å². The molecule has 1 aromatic rings. The maximum Gasteiger partial charge on any atom is 0.271 e. The van der Waals surface area contributed by atoms with E-state index in [1.807, 2.05) is 42.3 Å². The Hall–Kier alpha value is -1.54. The molecular weight excluding hydrogens is 368 g/mol. The number of piperidine rings is 1. The van der Waals surface area contributed by atoms with Crippen molar-refractivity contribution >= 4 is 17.8 Å². The summed E-state index contributed by atoms with van der Waals surface area (Å²) >= 11 is 5.89. The van der Waals surface area contributed by atoms with Gasteiger partial charge in [0.25, 0.3) is 6.17 Å². The predicted molar refractivity (Wildman–Crippen MR) is 106 cm³/mol. The molecule has 0 aromatic heterocycles. The van der Waals surface area contributed by atoms with E-state index in [1.54, 1.807) is 0 Å². The van der Waals surface area contributed by atoms with Crippen LogP contribution in [0.2, 0.25) is 5.02 Å². The number of nitro groups is 1. The van der Waals surface area contributed by atoms with Gasteiger partial charge in [0, 0.05) is 42.4 Å². The third-order valence-corrected chi connectivity index (χ3v) is 5.47. The molecule has 2 aliphatic heterocycles. The van der Waals surface area contributed by atoms with Crippen LogP contribution >= 0.6 is 11.6 Å². The second-order valence-electron chi connectivity index (χ2n) is 7.45. The summed E-state index contributed by atoms with van der Waals surface area (Å²) in [4.78, 5) is 17.7. The molecule has 0 amide bonds. The molecule has 0 aliphatic carbocycles. The van der Waals surface area contributed by atoms with Crippen molar-refractivity contribution in [3.63, 3.8) is 0 Å². The van der Waals surface area contributed by atoms with Crippen LogP contribution in [-0.4, -0.2) is 60.2 Å². The Morgan fingerprint density at radius 2 is 2.22 bits per heavy atom. The molecule has 2 aliphatic rings. The van der Waals surface area contributed by atoms with Gasteiger partial charge in [-0.05, 0) is 43.9 Å². The molecule has 8 heteroatoms. The Bertz CT molecular complexity index is 669. The van der Waals surface area contributed by atoms with Gasteiger partial charge in [-0.3, -0.25) is 20.4 Å². The molecule has 1 N–H and O–H groups in total. The lowest BCUT2D eigenvalue weighted by atomic mass is 10.0. The van der Waals surface area contributed by atoms with Crippen LogP contribution in [0, 0.1) is 10.1 Å². The van der Waals surface area contributed by atoms with E-state index in [4.69, 9.17) is 16.3 Å². The highest BCUT2D eigenvalue weighted by molar-refractivity contribution is 6.30. The summed E-state index contributed by atoms with van der Waals surface area (Å²) in [6.07, 6.45) is 4.10. The molecule has 1 saturated heterocycles. The van der Waals surface area contributed by atoms with Gasteiger partial charge in [-0.1, -0.05) is 23.7 Å². The molecule has 0 bridgehead atoms. The van der Waals surface area contributed by atoms with Crippen molar-refractivity contribution in [2.45, 2.75) is 50.5 Å². The normalized spacial score (nSPS) is 28.5. The number of nitrogens with zero attached hydrogens (tertiary/aromatic N) is 3. The van der Waals surface area contributed by atoms with Crippen molar-refractivity contribution in [3.8, 4) is 0 Å².